The third kappa shape index (κ3) is 1.26. The maximum Gasteiger partial charge on any atom is -0.0179 e. The van der Waals surface area contributed by atoms with Gasteiger partial charge < -0.3 is 0 Å². The molecule has 11 heavy (non-hydrogen) atoms. The monoisotopic (exact) mass is 150 g/mol. The van der Waals surface area contributed by atoms with Crippen LogP contribution in [0.3, 0.4) is 0 Å². The largest absolute Gasteiger partial charge is 0.103 e. The van der Waals surface area contributed by atoms with E-state index in [1.807, 2.05) is 6.08 Å². The van der Waals surface area contributed by atoms with Crippen molar-refractivity contribution in [2.24, 2.45) is 17.3 Å². The van der Waals surface area contributed by atoms with Crippen LogP contribution in [0, 0.1) is 17.3 Å². The van der Waals surface area contributed by atoms with Crippen LogP contribution in [0.5, 0.6) is 0 Å². The fraction of sp³-hybridized carbons (Fsp3) is 0.636. The van der Waals surface area contributed by atoms with Crippen molar-refractivity contribution < 1.29 is 0 Å². The highest BCUT2D eigenvalue weighted by Gasteiger charge is 2.44. The van der Waals surface area contributed by atoms with Gasteiger partial charge in [-0.25, -0.2) is 0 Å². The molecule has 0 heterocycles. The zero-order valence-corrected chi connectivity index (χ0v) is 7.64. The molecule has 1 aliphatic carbocycles. The molecule has 2 atom stereocenters. The van der Waals surface area contributed by atoms with Gasteiger partial charge in [0.05, 0.1) is 0 Å². The Labute approximate surface area is 70.0 Å². The van der Waals surface area contributed by atoms with Crippen LogP contribution in [0.1, 0.15) is 26.7 Å². The normalized spacial score (nSPS) is 34.0. The van der Waals surface area contributed by atoms with E-state index in [9.17, 15) is 0 Å². The molecule has 0 aliphatic heterocycles. The molecule has 0 bridgehead atoms. The summed E-state index contributed by atoms with van der Waals surface area (Å²) in [5.74, 6) is 1.57. The average molecular weight is 150 g/mol. The summed E-state index contributed by atoms with van der Waals surface area (Å²) in [5.41, 5.74) is 0.468. The third-order valence-electron chi connectivity index (χ3n) is 3.28. The molecule has 1 rings (SSSR count). The van der Waals surface area contributed by atoms with E-state index in [4.69, 9.17) is 0 Å². The van der Waals surface area contributed by atoms with Gasteiger partial charge in [0, 0.05) is 0 Å². The lowest BCUT2D eigenvalue weighted by Gasteiger charge is -2.51. The highest BCUT2D eigenvalue weighted by Crippen LogP contribution is 2.53. The molecule has 1 saturated carbocycles. The molecule has 62 valence electrons. The fourth-order valence-electron chi connectivity index (χ4n) is 2.06. The van der Waals surface area contributed by atoms with Gasteiger partial charge in [0.25, 0.3) is 0 Å². The lowest BCUT2D eigenvalue weighted by atomic mass is 9.54. The molecule has 0 nitrogen and oxygen atoms in total. The lowest BCUT2D eigenvalue weighted by molar-refractivity contribution is 0.0144. The molecular weight excluding hydrogens is 132 g/mol. The molecule has 0 aromatic heterocycles. The summed E-state index contributed by atoms with van der Waals surface area (Å²) >= 11 is 0. The topological polar surface area (TPSA) is 0 Å². The minimum absolute atomic E-state index is 0.468. The van der Waals surface area contributed by atoms with Gasteiger partial charge in [-0.15, -0.1) is 13.2 Å². The number of hydrogen-bond donors (Lipinski definition) is 0. The smallest absolute Gasteiger partial charge is 0.0179 e. The Morgan fingerprint density at radius 1 is 1.45 bits per heavy atom. The zero-order chi connectivity index (χ0) is 8.48. The molecule has 1 unspecified atom stereocenters. The zero-order valence-electron chi connectivity index (χ0n) is 7.64. The predicted octanol–water partition coefficient (Wildman–Crippen LogP) is 3.41. The van der Waals surface area contributed by atoms with E-state index in [1.54, 1.807) is 0 Å². The van der Waals surface area contributed by atoms with E-state index in [0.717, 1.165) is 18.3 Å². The quantitative estimate of drug-likeness (QED) is 0.541. The second-order valence-electron chi connectivity index (χ2n) is 4.12. The van der Waals surface area contributed by atoms with E-state index in [2.05, 4.69) is 33.1 Å². The fourth-order valence-corrected chi connectivity index (χ4v) is 2.06. The lowest BCUT2D eigenvalue weighted by Crippen LogP contribution is -2.43. The van der Waals surface area contributed by atoms with Gasteiger partial charge >= 0.3 is 0 Å². The molecule has 0 aromatic rings. The van der Waals surface area contributed by atoms with Crippen LogP contribution in [-0.2, 0) is 0 Å². The van der Waals surface area contributed by atoms with Crippen molar-refractivity contribution in [3.8, 4) is 0 Å². The first-order valence-electron chi connectivity index (χ1n) is 4.36. The second kappa shape index (κ2) is 2.84. The summed E-state index contributed by atoms with van der Waals surface area (Å²) in [6, 6.07) is 0. The van der Waals surface area contributed by atoms with Gasteiger partial charge in [0.1, 0.15) is 0 Å². The Morgan fingerprint density at radius 2 is 2.09 bits per heavy atom. The Kier molecular flexibility index (Phi) is 2.22. The molecular formula is C11H18. The van der Waals surface area contributed by atoms with Gasteiger partial charge in [-0.05, 0) is 30.1 Å². The number of hydrogen-bond acceptors (Lipinski definition) is 0. The van der Waals surface area contributed by atoms with Gasteiger partial charge in [-0.1, -0.05) is 26.0 Å². The summed E-state index contributed by atoms with van der Waals surface area (Å²) in [6.45, 7) is 12.3. The third-order valence-corrected chi connectivity index (χ3v) is 3.28. The standard InChI is InChI=1S/C11H18/c1-5-7-10-8-9(6-2)11(10,3)4/h5-6,9-10H,1-2,7-8H2,3-4H3/t9-,10?/m1/s1. The average Bonchev–Trinajstić information content (AvgIpc) is 1.97. The van der Waals surface area contributed by atoms with Crippen LogP contribution < -0.4 is 0 Å². The minimum Gasteiger partial charge on any atom is -0.103 e. The first kappa shape index (κ1) is 8.58. The van der Waals surface area contributed by atoms with Crippen molar-refractivity contribution in [1.29, 1.82) is 0 Å². The SMILES string of the molecule is C=CCC1C[C@@H](C=C)C1(C)C. The van der Waals surface area contributed by atoms with Gasteiger partial charge in [0.15, 0.2) is 0 Å². The van der Waals surface area contributed by atoms with Crippen molar-refractivity contribution in [3.05, 3.63) is 25.3 Å². The molecule has 0 N–H and O–H groups in total. The van der Waals surface area contributed by atoms with Crippen LogP contribution in [-0.4, -0.2) is 0 Å². The van der Waals surface area contributed by atoms with Gasteiger partial charge in [-0.2, -0.15) is 0 Å². The highest BCUT2D eigenvalue weighted by molar-refractivity contribution is 5.05. The molecule has 0 aromatic carbocycles. The van der Waals surface area contributed by atoms with Gasteiger partial charge in [-0.3, -0.25) is 0 Å². The molecule has 0 saturated heterocycles. The summed E-state index contributed by atoms with van der Waals surface area (Å²) in [7, 11) is 0. The summed E-state index contributed by atoms with van der Waals surface area (Å²) < 4.78 is 0. The predicted molar refractivity (Wildman–Crippen MR) is 50.4 cm³/mol. The Bertz CT molecular complexity index is 165. The summed E-state index contributed by atoms with van der Waals surface area (Å²) in [4.78, 5) is 0. The van der Waals surface area contributed by atoms with Crippen LogP contribution in [0.25, 0.3) is 0 Å². The van der Waals surface area contributed by atoms with E-state index in [-0.39, 0.29) is 0 Å². The Balaban J connectivity index is 2.52. The summed E-state index contributed by atoms with van der Waals surface area (Å²) in [6.07, 6.45) is 6.60. The van der Waals surface area contributed by atoms with Gasteiger partial charge in [0.2, 0.25) is 0 Å². The van der Waals surface area contributed by atoms with Crippen molar-refractivity contribution in [2.45, 2.75) is 26.7 Å². The van der Waals surface area contributed by atoms with E-state index in [1.165, 1.54) is 6.42 Å². The van der Waals surface area contributed by atoms with E-state index >= 15 is 0 Å². The number of rotatable bonds is 3. The second-order valence-corrected chi connectivity index (χ2v) is 4.12. The van der Waals surface area contributed by atoms with E-state index < -0.39 is 0 Å². The molecule has 0 amide bonds. The first-order valence-corrected chi connectivity index (χ1v) is 4.36. The van der Waals surface area contributed by atoms with Crippen LogP contribution in [0.4, 0.5) is 0 Å². The molecule has 1 aliphatic rings. The minimum atomic E-state index is 0.468. The first-order chi connectivity index (χ1) is 5.12. The Morgan fingerprint density at radius 3 is 2.45 bits per heavy atom. The summed E-state index contributed by atoms with van der Waals surface area (Å²) in [5, 5.41) is 0. The van der Waals surface area contributed by atoms with Crippen LogP contribution in [0.2, 0.25) is 0 Å². The molecule has 0 spiro atoms. The van der Waals surface area contributed by atoms with Crippen LogP contribution >= 0.6 is 0 Å². The Hall–Kier alpha value is -0.520. The molecule has 0 radical (unpaired) electrons. The highest BCUT2D eigenvalue weighted by atomic mass is 14.5. The van der Waals surface area contributed by atoms with Crippen molar-refractivity contribution in [1.82, 2.24) is 0 Å². The van der Waals surface area contributed by atoms with Crippen molar-refractivity contribution in [3.63, 3.8) is 0 Å². The van der Waals surface area contributed by atoms with Crippen molar-refractivity contribution >= 4 is 0 Å². The van der Waals surface area contributed by atoms with E-state index in [0.29, 0.717) is 5.41 Å². The van der Waals surface area contributed by atoms with Crippen molar-refractivity contribution in [2.75, 3.05) is 0 Å². The molecule has 0 heteroatoms. The molecule has 1 fully saturated rings. The maximum atomic E-state index is 3.85. The number of allylic oxidation sites excluding steroid dienone is 2. The maximum absolute atomic E-state index is 3.85. The van der Waals surface area contributed by atoms with Crippen LogP contribution in [0.15, 0.2) is 25.3 Å².